The average Bonchev–Trinajstić information content (AvgIpc) is 3.08. The Bertz CT molecular complexity index is 532. The average molecular weight is 310 g/mol. The van der Waals surface area contributed by atoms with Crippen molar-refractivity contribution >= 4 is 17.3 Å². The Kier molecular flexibility index (Phi) is 4.42. The highest BCUT2D eigenvalue weighted by Crippen LogP contribution is 2.30. The first kappa shape index (κ1) is 14.8. The molecule has 114 valence electrons. The van der Waals surface area contributed by atoms with Gasteiger partial charge < -0.3 is 5.32 Å². The Labute approximate surface area is 129 Å². The van der Waals surface area contributed by atoms with E-state index in [-0.39, 0.29) is 10.6 Å². The number of nitro benzene ring substituents is 1. The van der Waals surface area contributed by atoms with Crippen molar-refractivity contribution in [2.45, 2.75) is 44.3 Å². The van der Waals surface area contributed by atoms with Gasteiger partial charge in [0.25, 0.3) is 5.69 Å². The van der Waals surface area contributed by atoms with Crippen LogP contribution in [0.2, 0.25) is 5.02 Å². The zero-order chi connectivity index (χ0) is 14.8. The van der Waals surface area contributed by atoms with E-state index in [2.05, 4.69) is 10.2 Å². The molecule has 1 aromatic carbocycles. The lowest BCUT2D eigenvalue weighted by atomic mass is 10.0. The summed E-state index contributed by atoms with van der Waals surface area (Å²) in [6.45, 7) is 2.71. The van der Waals surface area contributed by atoms with E-state index in [4.69, 9.17) is 11.6 Å². The third kappa shape index (κ3) is 3.20. The number of hydrogen-bond acceptors (Lipinski definition) is 4. The van der Waals surface area contributed by atoms with Crippen molar-refractivity contribution in [2.75, 3.05) is 13.1 Å². The van der Waals surface area contributed by atoms with Crippen molar-refractivity contribution < 1.29 is 4.92 Å². The van der Waals surface area contributed by atoms with E-state index < -0.39 is 0 Å². The molecule has 6 heteroatoms. The Morgan fingerprint density at radius 2 is 2.24 bits per heavy atom. The van der Waals surface area contributed by atoms with Crippen LogP contribution in [0.25, 0.3) is 0 Å². The zero-order valence-corrected chi connectivity index (χ0v) is 12.7. The van der Waals surface area contributed by atoms with Gasteiger partial charge in [-0.25, -0.2) is 0 Å². The molecule has 0 aromatic heterocycles. The molecule has 0 bridgehead atoms. The predicted octanol–water partition coefficient (Wildman–Crippen LogP) is 2.96. The molecule has 2 aliphatic heterocycles. The van der Waals surface area contributed by atoms with Crippen LogP contribution >= 0.6 is 11.6 Å². The van der Waals surface area contributed by atoms with Crippen molar-refractivity contribution in [3.8, 4) is 0 Å². The standard InChI is InChI=1S/C15H20ClN3O2/c16-12-5-6-14(19(20)21)11(9-12)10-18-8-2-4-15(18)13-3-1-7-17-13/h5-6,9,13,15,17H,1-4,7-8,10H2. The molecule has 2 fully saturated rings. The van der Waals surface area contributed by atoms with Gasteiger partial charge >= 0.3 is 0 Å². The van der Waals surface area contributed by atoms with Gasteiger partial charge in [0.15, 0.2) is 0 Å². The monoisotopic (exact) mass is 309 g/mol. The molecular formula is C15H20ClN3O2. The molecule has 0 aliphatic carbocycles. The highest BCUT2D eigenvalue weighted by molar-refractivity contribution is 6.30. The van der Waals surface area contributed by atoms with Gasteiger partial charge in [-0.2, -0.15) is 0 Å². The van der Waals surface area contributed by atoms with Crippen LogP contribution in [-0.2, 0) is 6.54 Å². The smallest absolute Gasteiger partial charge is 0.273 e. The van der Waals surface area contributed by atoms with Crippen molar-refractivity contribution in [3.05, 3.63) is 38.9 Å². The molecule has 5 nitrogen and oxygen atoms in total. The number of likely N-dealkylation sites (tertiary alicyclic amines) is 1. The number of rotatable bonds is 4. The van der Waals surface area contributed by atoms with Gasteiger partial charge in [0.1, 0.15) is 0 Å². The molecule has 0 amide bonds. The predicted molar refractivity (Wildman–Crippen MR) is 82.6 cm³/mol. The number of hydrogen-bond donors (Lipinski definition) is 1. The molecule has 2 atom stereocenters. The number of nitrogens with one attached hydrogen (secondary N) is 1. The van der Waals surface area contributed by atoms with Crippen molar-refractivity contribution in [1.82, 2.24) is 10.2 Å². The van der Waals surface area contributed by atoms with E-state index in [1.54, 1.807) is 12.1 Å². The highest BCUT2D eigenvalue weighted by atomic mass is 35.5. The number of nitro groups is 1. The van der Waals surface area contributed by atoms with E-state index in [1.807, 2.05) is 0 Å². The van der Waals surface area contributed by atoms with Crippen LogP contribution in [0.15, 0.2) is 18.2 Å². The van der Waals surface area contributed by atoms with Gasteiger partial charge in [-0.3, -0.25) is 15.0 Å². The van der Waals surface area contributed by atoms with Crippen LogP contribution in [0.5, 0.6) is 0 Å². The van der Waals surface area contributed by atoms with Gasteiger partial charge in [-0.05, 0) is 50.9 Å². The first-order chi connectivity index (χ1) is 10.1. The summed E-state index contributed by atoms with van der Waals surface area (Å²) in [5.41, 5.74) is 0.891. The molecule has 21 heavy (non-hydrogen) atoms. The van der Waals surface area contributed by atoms with Gasteiger partial charge in [0, 0.05) is 35.3 Å². The van der Waals surface area contributed by atoms with Crippen molar-refractivity contribution in [1.29, 1.82) is 0 Å². The summed E-state index contributed by atoms with van der Waals surface area (Å²) in [4.78, 5) is 13.2. The summed E-state index contributed by atoms with van der Waals surface area (Å²) in [5, 5.41) is 15.3. The van der Waals surface area contributed by atoms with E-state index >= 15 is 0 Å². The van der Waals surface area contributed by atoms with E-state index in [0.29, 0.717) is 23.7 Å². The fourth-order valence-corrected chi connectivity index (χ4v) is 3.82. The van der Waals surface area contributed by atoms with Crippen LogP contribution in [0.1, 0.15) is 31.2 Å². The minimum absolute atomic E-state index is 0.171. The molecule has 1 N–H and O–H groups in total. The maximum Gasteiger partial charge on any atom is 0.273 e. The van der Waals surface area contributed by atoms with Crippen LogP contribution in [0.3, 0.4) is 0 Å². The summed E-state index contributed by atoms with van der Waals surface area (Å²) in [5.74, 6) is 0. The van der Waals surface area contributed by atoms with E-state index in [1.165, 1.54) is 25.3 Å². The zero-order valence-electron chi connectivity index (χ0n) is 11.9. The molecule has 0 saturated carbocycles. The molecule has 2 aliphatic rings. The molecule has 1 aromatic rings. The van der Waals surface area contributed by atoms with E-state index in [9.17, 15) is 10.1 Å². The molecular weight excluding hydrogens is 290 g/mol. The number of halogens is 1. The molecule has 3 rings (SSSR count). The quantitative estimate of drug-likeness (QED) is 0.686. The fraction of sp³-hybridized carbons (Fsp3) is 0.600. The minimum Gasteiger partial charge on any atom is -0.312 e. The van der Waals surface area contributed by atoms with Crippen LogP contribution < -0.4 is 5.32 Å². The van der Waals surface area contributed by atoms with Gasteiger partial charge in [-0.15, -0.1) is 0 Å². The normalized spacial score (nSPS) is 26.3. The second kappa shape index (κ2) is 6.30. The maximum absolute atomic E-state index is 11.2. The van der Waals surface area contributed by atoms with Crippen molar-refractivity contribution in [3.63, 3.8) is 0 Å². The van der Waals surface area contributed by atoms with E-state index in [0.717, 1.165) is 25.1 Å². The molecule has 2 saturated heterocycles. The molecule has 0 radical (unpaired) electrons. The van der Waals surface area contributed by atoms with Crippen LogP contribution in [0.4, 0.5) is 5.69 Å². The SMILES string of the molecule is O=[N+]([O-])c1ccc(Cl)cc1CN1CCCC1C1CCCN1. The maximum atomic E-state index is 11.2. The van der Waals surface area contributed by atoms with Gasteiger partial charge in [-0.1, -0.05) is 11.6 Å². The third-order valence-electron chi connectivity index (χ3n) is 4.59. The largest absolute Gasteiger partial charge is 0.312 e. The summed E-state index contributed by atoms with van der Waals surface area (Å²) in [6, 6.07) is 5.86. The fourth-order valence-electron chi connectivity index (χ4n) is 3.62. The lowest BCUT2D eigenvalue weighted by Gasteiger charge is -2.29. The lowest BCUT2D eigenvalue weighted by Crippen LogP contribution is -2.43. The highest BCUT2D eigenvalue weighted by Gasteiger charge is 2.34. The second-order valence-corrected chi connectivity index (χ2v) is 6.35. The van der Waals surface area contributed by atoms with Crippen LogP contribution in [0, 0.1) is 10.1 Å². The summed E-state index contributed by atoms with van der Waals surface area (Å²) in [6.07, 6.45) is 4.77. The third-order valence-corrected chi connectivity index (χ3v) is 4.82. The number of nitrogens with zero attached hydrogens (tertiary/aromatic N) is 2. The van der Waals surface area contributed by atoms with Gasteiger partial charge in [0.05, 0.1) is 4.92 Å². The first-order valence-corrected chi connectivity index (χ1v) is 7.93. The lowest BCUT2D eigenvalue weighted by molar-refractivity contribution is -0.385. The Balaban J connectivity index is 1.79. The summed E-state index contributed by atoms with van der Waals surface area (Å²) >= 11 is 6.02. The minimum atomic E-state index is -0.315. The van der Waals surface area contributed by atoms with Gasteiger partial charge in [0.2, 0.25) is 0 Å². The Morgan fingerprint density at radius 3 is 2.95 bits per heavy atom. The summed E-state index contributed by atoms with van der Waals surface area (Å²) in [7, 11) is 0. The Morgan fingerprint density at radius 1 is 1.38 bits per heavy atom. The molecule has 0 spiro atoms. The first-order valence-electron chi connectivity index (χ1n) is 7.55. The molecule has 2 heterocycles. The Hall–Kier alpha value is -1.17. The summed E-state index contributed by atoms with van der Waals surface area (Å²) < 4.78 is 0. The second-order valence-electron chi connectivity index (χ2n) is 5.91. The number of benzene rings is 1. The van der Waals surface area contributed by atoms with Crippen molar-refractivity contribution in [2.24, 2.45) is 0 Å². The topological polar surface area (TPSA) is 58.4 Å². The molecule has 2 unspecified atom stereocenters. The van der Waals surface area contributed by atoms with Crippen LogP contribution in [-0.4, -0.2) is 35.0 Å².